The fourth-order valence-corrected chi connectivity index (χ4v) is 3.02. The van der Waals surface area contributed by atoms with Gasteiger partial charge in [-0.1, -0.05) is 6.92 Å². The third-order valence-electron chi connectivity index (χ3n) is 3.11. The molecule has 0 bridgehead atoms. The number of imidazole rings is 1. The van der Waals surface area contributed by atoms with Gasteiger partial charge in [0.25, 0.3) is 0 Å². The highest BCUT2D eigenvalue weighted by Gasteiger charge is 2.10. The van der Waals surface area contributed by atoms with E-state index >= 15 is 0 Å². The normalized spacial score (nSPS) is 12.0. The van der Waals surface area contributed by atoms with Crippen LogP contribution in [0, 0.1) is 0 Å². The van der Waals surface area contributed by atoms with E-state index in [1.165, 1.54) is 15.6 Å². The van der Waals surface area contributed by atoms with Crippen molar-refractivity contribution in [3.63, 3.8) is 0 Å². The lowest BCUT2D eigenvalue weighted by atomic mass is 10.1. The Morgan fingerprint density at radius 2 is 2.00 bits per heavy atom. The Morgan fingerprint density at radius 3 is 2.70 bits per heavy atom. The Labute approximate surface area is 126 Å². The summed E-state index contributed by atoms with van der Waals surface area (Å²) in [7, 11) is 0. The molecule has 0 atom stereocenters. The maximum atomic E-state index is 4.43. The van der Waals surface area contributed by atoms with Crippen molar-refractivity contribution in [1.29, 1.82) is 0 Å². The molecule has 20 heavy (non-hydrogen) atoms. The van der Waals surface area contributed by atoms with E-state index in [2.05, 4.69) is 60.9 Å². The first-order valence-corrected chi connectivity index (χ1v) is 8.12. The van der Waals surface area contributed by atoms with Gasteiger partial charge in [0.05, 0.1) is 6.54 Å². The molecule has 0 aliphatic heterocycles. The topological polar surface area (TPSA) is 29.9 Å². The summed E-state index contributed by atoms with van der Waals surface area (Å²) in [6.07, 6.45) is 6.18. The van der Waals surface area contributed by atoms with E-state index in [1.807, 2.05) is 17.5 Å². The zero-order valence-corrected chi connectivity index (χ0v) is 13.8. The molecule has 4 heteroatoms. The van der Waals surface area contributed by atoms with E-state index in [0.29, 0.717) is 0 Å². The van der Waals surface area contributed by atoms with Gasteiger partial charge in [0.15, 0.2) is 0 Å². The van der Waals surface area contributed by atoms with E-state index in [9.17, 15) is 0 Å². The molecule has 1 N–H and O–H groups in total. The van der Waals surface area contributed by atoms with Crippen molar-refractivity contribution in [2.24, 2.45) is 0 Å². The highest BCUT2D eigenvalue weighted by atomic mass is 32.1. The molecule has 0 aliphatic rings. The highest BCUT2D eigenvalue weighted by molar-refractivity contribution is 7.11. The van der Waals surface area contributed by atoms with E-state index in [1.54, 1.807) is 0 Å². The number of rotatable bonds is 6. The summed E-state index contributed by atoms with van der Waals surface area (Å²) in [5.41, 5.74) is 0.169. The van der Waals surface area contributed by atoms with E-state index in [4.69, 9.17) is 0 Å². The smallest absolute Gasteiger partial charge is 0.108 e. The second-order valence-electron chi connectivity index (χ2n) is 6.19. The van der Waals surface area contributed by atoms with Crippen molar-refractivity contribution < 1.29 is 0 Å². The van der Waals surface area contributed by atoms with Gasteiger partial charge >= 0.3 is 0 Å². The van der Waals surface area contributed by atoms with Crippen molar-refractivity contribution in [2.75, 3.05) is 0 Å². The first-order valence-electron chi connectivity index (χ1n) is 7.30. The molecule has 2 aromatic heterocycles. The van der Waals surface area contributed by atoms with Crippen LogP contribution in [0.1, 0.15) is 49.7 Å². The first-order chi connectivity index (χ1) is 9.48. The number of thiophene rings is 1. The maximum absolute atomic E-state index is 4.43. The molecule has 0 amide bonds. The Hall–Kier alpha value is -1.13. The average molecular weight is 291 g/mol. The van der Waals surface area contributed by atoms with Crippen molar-refractivity contribution in [2.45, 2.75) is 59.2 Å². The van der Waals surface area contributed by atoms with Crippen LogP contribution in [-0.4, -0.2) is 15.1 Å². The molecular formula is C16H25N3S. The van der Waals surface area contributed by atoms with Crippen molar-refractivity contribution in [3.05, 3.63) is 40.1 Å². The average Bonchev–Trinajstić information content (AvgIpc) is 2.97. The molecule has 2 aromatic rings. The Bertz CT molecular complexity index is 534. The van der Waals surface area contributed by atoms with E-state index in [-0.39, 0.29) is 5.54 Å². The minimum absolute atomic E-state index is 0.169. The standard InChI is InChI=1S/C16H25N3S/c1-5-6-15-17-9-10-19(15)12-14-8-7-13(20-14)11-18-16(2,3)4/h7-10,18H,5-6,11-12H2,1-4H3. The Balaban J connectivity index is 1.97. The zero-order chi connectivity index (χ0) is 14.6. The molecule has 0 aliphatic carbocycles. The lowest BCUT2D eigenvalue weighted by Gasteiger charge is -2.19. The fourth-order valence-electron chi connectivity index (χ4n) is 2.06. The van der Waals surface area contributed by atoms with Crippen molar-refractivity contribution in [3.8, 4) is 0 Å². The molecule has 110 valence electrons. The number of hydrogen-bond donors (Lipinski definition) is 1. The van der Waals surface area contributed by atoms with Gasteiger partial charge in [0.1, 0.15) is 5.82 Å². The SMILES string of the molecule is CCCc1nccn1Cc1ccc(CNC(C)(C)C)s1. The predicted octanol–water partition coefficient (Wildman–Crippen LogP) is 3.83. The molecule has 2 heterocycles. The molecule has 0 saturated heterocycles. The highest BCUT2D eigenvalue weighted by Crippen LogP contribution is 2.19. The number of nitrogens with one attached hydrogen (secondary N) is 1. The summed E-state index contributed by atoms with van der Waals surface area (Å²) in [6.45, 7) is 10.7. The maximum Gasteiger partial charge on any atom is 0.108 e. The monoisotopic (exact) mass is 291 g/mol. The molecule has 0 unspecified atom stereocenters. The summed E-state index contributed by atoms with van der Waals surface area (Å²) in [5.74, 6) is 1.19. The van der Waals surface area contributed by atoms with Crippen molar-refractivity contribution in [1.82, 2.24) is 14.9 Å². The van der Waals surface area contributed by atoms with Crippen LogP contribution >= 0.6 is 11.3 Å². The van der Waals surface area contributed by atoms with E-state index < -0.39 is 0 Å². The number of nitrogens with zero attached hydrogens (tertiary/aromatic N) is 2. The Morgan fingerprint density at radius 1 is 1.25 bits per heavy atom. The third kappa shape index (κ3) is 4.46. The van der Waals surface area contributed by atoms with Crippen LogP contribution < -0.4 is 5.32 Å². The lowest BCUT2D eigenvalue weighted by Crippen LogP contribution is -2.34. The second kappa shape index (κ2) is 6.55. The predicted molar refractivity (Wildman–Crippen MR) is 86.2 cm³/mol. The molecule has 0 saturated carbocycles. The van der Waals surface area contributed by atoms with Crippen molar-refractivity contribution >= 4 is 11.3 Å². The molecule has 2 rings (SSSR count). The summed E-state index contributed by atoms with van der Waals surface area (Å²) in [6, 6.07) is 4.47. The largest absolute Gasteiger partial charge is 0.330 e. The van der Waals surface area contributed by atoms with Crippen LogP contribution in [-0.2, 0) is 19.5 Å². The lowest BCUT2D eigenvalue weighted by molar-refractivity contribution is 0.426. The van der Waals surface area contributed by atoms with Gasteiger partial charge < -0.3 is 9.88 Å². The molecule has 3 nitrogen and oxygen atoms in total. The number of aromatic nitrogens is 2. The molecular weight excluding hydrogens is 266 g/mol. The van der Waals surface area contributed by atoms with E-state index in [0.717, 1.165) is 25.9 Å². The minimum atomic E-state index is 0.169. The minimum Gasteiger partial charge on any atom is -0.330 e. The second-order valence-corrected chi connectivity index (χ2v) is 7.45. The number of aryl methyl sites for hydroxylation is 1. The van der Waals surface area contributed by atoms with Crippen LogP contribution in [0.25, 0.3) is 0 Å². The Kier molecular flexibility index (Phi) is 5.00. The molecule has 0 aromatic carbocycles. The van der Waals surface area contributed by atoms with Gasteiger partial charge in [0.2, 0.25) is 0 Å². The molecule has 0 radical (unpaired) electrons. The number of hydrogen-bond acceptors (Lipinski definition) is 3. The van der Waals surface area contributed by atoms with Crippen LogP contribution in [0.15, 0.2) is 24.5 Å². The molecule has 0 spiro atoms. The van der Waals surface area contributed by atoms with Gasteiger partial charge in [-0.3, -0.25) is 0 Å². The van der Waals surface area contributed by atoms with Gasteiger partial charge in [-0.15, -0.1) is 11.3 Å². The van der Waals surface area contributed by atoms with Gasteiger partial charge in [-0.05, 0) is 39.3 Å². The summed E-state index contributed by atoms with van der Waals surface area (Å²) >= 11 is 1.89. The van der Waals surface area contributed by atoms with Gasteiger partial charge in [-0.25, -0.2) is 4.98 Å². The zero-order valence-electron chi connectivity index (χ0n) is 12.9. The van der Waals surface area contributed by atoms with Gasteiger partial charge in [0, 0.05) is 40.7 Å². The van der Waals surface area contributed by atoms with Crippen LogP contribution in [0.4, 0.5) is 0 Å². The van der Waals surface area contributed by atoms with Crippen LogP contribution in [0.2, 0.25) is 0 Å². The summed E-state index contributed by atoms with van der Waals surface area (Å²) < 4.78 is 2.26. The third-order valence-corrected chi connectivity index (χ3v) is 4.18. The first kappa shape index (κ1) is 15.3. The summed E-state index contributed by atoms with van der Waals surface area (Å²) in [4.78, 5) is 7.22. The van der Waals surface area contributed by atoms with Crippen LogP contribution in [0.5, 0.6) is 0 Å². The van der Waals surface area contributed by atoms with Crippen LogP contribution in [0.3, 0.4) is 0 Å². The quantitative estimate of drug-likeness (QED) is 0.876. The molecule has 0 fully saturated rings. The van der Waals surface area contributed by atoms with Gasteiger partial charge in [-0.2, -0.15) is 0 Å². The fraction of sp³-hybridized carbons (Fsp3) is 0.562. The summed E-state index contributed by atoms with van der Waals surface area (Å²) in [5, 5.41) is 3.53.